The normalized spacial score (nSPS) is 14.3. The van der Waals surface area contributed by atoms with Gasteiger partial charge < -0.3 is 15.1 Å². The zero-order valence-corrected chi connectivity index (χ0v) is 15.3. The van der Waals surface area contributed by atoms with Crippen LogP contribution in [-0.4, -0.2) is 51.3 Å². The SMILES string of the molecule is CCc1ccccc1Nc1nncc(N2CCN(c3ncccn3)CC2)n1. The Morgan fingerprint density at radius 1 is 0.963 bits per heavy atom. The molecule has 27 heavy (non-hydrogen) atoms. The highest BCUT2D eigenvalue weighted by atomic mass is 15.4. The van der Waals surface area contributed by atoms with Crippen LogP contribution < -0.4 is 15.1 Å². The Morgan fingerprint density at radius 3 is 2.48 bits per heavy atom. The Kier molecular flexibility index (Phi) is 5.04. The zero-order valence-electron chi connectivity index (χ0n) is 15.3. The summed E-state index contributed by atoms with van der Waals surface area (Å²) in [6.07, 6.45) is 6.20. The minimum absolute atomic E-state index is 0.516. The first kappa shape index (κ1) is 17.1. The maximum Gasteiger partial charge on any atom is 0.249 e. The molecular formula is C19H22N8. The van der Waals surface area contributed by atoms with Crippen LogP contribution in [0.5, 0.6) is 0 Å². The molecular weight excluding hydrogens is 340 g/mol. The van der Waals surface area contributed by atoms with E-state index in [4.69, 9.17) is 0 Å². The topological polar surface area (TPSA) is 83.0 Å². The second kappa shape index (κ2) is 7.94. The number of anilines is 4. The highest BCUT2D eigenvalue weighted by molar-refractivity contribution is 5.59. The molecule has 3 heterocycles. The van der Waals surface area contributed by atoms with E-state index >= 15 is 0 Å². The molecule has 4 rings (SSSR count). The number of hydrogen-bond acceptors (Lipinski definition) is 8. The maximum atomic E-state index is 4.66. The predicted molar refractivity (Wildman–Crippen MR) is 105 cm³/mol. The summed E-state index contributed by atoms with van der Waals surface area (Å²) in [5.74, 6) is 2.12. The van der Waals surface area contributed by atoms with Crippen molar-refractivity contribution in [2.75, 3.05) is 41.3 Å². The van der Waals surface area contributed by atoms with E-state index in [0.717, 1.165) is 50.1 Å². The number of benzene rings is 1. The first-order valence-corrected chi connectivity index (χ1v) is 9.15. The molecule has 1 saturated heterocycles. The third-order valence-corrected chi connectivity index (χ3v) is 4.63. The fraction of sp³-hybridized carbons (Fsp3) is 0.316. The summed E-state index contributed by atoms with van der Waals surface area (Å²) in [6.45, 7) is 5.49. The van der Waals surface area contributed by atoms with E-state index in [9.17, 15) is 0 Å². The summed E-state index contributed by atoms with van der Waals surface area (Å²) in [5, 5.41) is 11.6. The van der Waals surface area contributed by atoms with Crippen LogP contribution in [0.2, 0.25) is 0 Å². The van der Waals surface area contributed by atoms with Crippen molar-refractivity contribution in [3.05, 3.63) is 54.5 Å². The quantitative estimate of drug-likeness (QED) is 0.740. The minimum atomic E-state index is 0.516. The first-order chi connectivity index (χ1) is 13.3. The van der Waals surface area contributed by atoms with Crippen LogP contribution >= 0.6 is 0 Å². The number of aromatic nitrogens is 5. The van der Waals surface area contributed by atoms with Crippen LogP contribution in [0.25, 0.3) is 0 Å². The Bertz CT molecular complexity index is 878. The summed E-state index contributed by atoms with van der Waals surface area (Å²) in [4.78, 5) is 17.7. The van der Waals surface area contributed by atoms with E-state index in [2.05, 4.69) is 53.3 Å². The molecule has 138 valence electrons. The lowest BCUT2D eigenvalue weighted by molar-refractivity contribution is 0.632. The molecule has 0 aliphatic carbocycles. The Hall–Kier alpha value is -3.29. The average Bonchev–Trinajstić information content (AvgIpc) is 2.75. The standard InChI is InChI=1S/C19H22N8/c1-2-15-6-3-4-7-16(15)23-18-24-17(14-22-25-18)26-10-12-27(13-11-26)19-20-8-5-9-21-19/h3-9,14H,2,10-13H2,1H3,(H,23,24,25). The smallest absolute Gasteiger partial charge is 0.249 e. The van der Waals surface area contributed by atoms with Crippen molar-refractivity contribution in [2.24, 2.45) is 0 Å². The van der Waals surface area contributed by atoms with Crippen molar-refractivity contribution in [1.82, 2.24) is 25.1 Å². The number of nitrogens with zero attached hydrogens (tertiary/aromatic N) is 7. The van der Waals surface area contributed by atoms with Gasteiger partial charge in [-0.2, -0.15) is 10.1 Å². The van der Waals surface area contributed by atoms with Gasteiger partial charge in [0.25, 0.3) is 0 Å². The fourth-order valence-corrected chi connectivity index (χ4v) is 3.16. The highest BCUT2D eigenvalue weighted by Gasteiger charge is 2.20. The molecule has 1 aliphatic heterocycles. The largest absolute Gasteiger partial charge is 0.352 e. The third kappa shape index (κ3) is 3.94. The lowest BCUT2D eigenvalue weighted by Gasteiger charge is -2.35. The van der Waals surface area contributed by atoms with Gasteiger partial charge in [0.05, 0.1) is 6.20 Å². The number of para-hydroxylation sites is 1. The Morgan fingerprint density at radius 2 is 1.70 bits per heavy atom. The molecule has 0 atom stereocenters. The van der Waals surface area contributed by atoms with E-state index in [-0.39, 0.29) is 0 Å². The highest BCUT2D eigenvalue weighted by Crippen LogP contribution is 2.21. The van der Waals surface area contributed by atoms with Gasteiger partial charge in [0.1, 0.15) is 0 Å². The van der Waals surface area contributed by atoms with Gasteiger partial charge in [-0.25, -0.2) is 9.97 Å². The number of aryl methyl sites for hydroxylation is 1. The van der Waals surface area contributed by atoms with Gasteiger partial charge in [0.2, 0.25) is 11.9 Å². The minimum Gasteiger partial charge on any atom is -0.352 e. The molecule has 1 aliphatic rings. The summed E-state index contributed by atoms with van der Waals surface area (Å²) in [6, 6.07) is 10.0. The van der Waals surface area contributed by atoms with Gasteiger partial charge in [0, 0.05) is 44.3 Å². The van der Waals surface area contributed by atoms with E-state index in [1.807, 2.05) is 24.3 Å². The van der Waals surface area contributed by atoms with E-state index in [0.29, 0.717) is 5.95 Å². The summed E-state index contributed by atoms with van der Waals surface area (Å²) in [5.41, 5.74) is 2.24. The molecule has 0 spiro atoms. The van der Waals surface area contributed by atoms with Crippen LogP contribution in [0, 0.1) is 0 Å². The fourth-order valence-electron chi connectivity index (χ4n) is 3.16. The van der Waals surface area contributed by atoms with Crippen LogP contribution in [0.3, 0.4) is 0 Å². The van der Waals surface area contributed by atoms with Crippen LogP contribution in [0.15, 0.2) is 48.9 Å². The van der Waals surface area contributed by atoms with Gasteiger partial charge in [-0.15, -0.1) is 5.10 Å². The molecule has 3 aromatic rings. The molecule has 1 N–H and O–H groups in total. The van der Waals surface area contributed by atoms with Crippen molar-refractivity contribution in [3.8, 4) is 0 Å². The van der Waals surface area contributed by atoms with Crippen LogP contribution in [0.4, 0.5) is 23.4 Å². The van der Waals surface area contributed by atoms with Crippen molar-refractivity contribution in [3.63, 3.8) is 0 Å². The maximum absolute atomic E-state index is 4.66. The number of nitrogens with one attached hydrogen (secondary N) is 1. The molecule has 0 radical (unpaired) electrons. The second-order valence-corrected chi connectivity index (χ2v) is 6.30. The monoisotopic (exact) mass is 362 g/mol. The molecule has 0 saturated carbocycles. The Balaban J connectivity index is 1.44. The van der Waals surface area contributed by atoms with E-state index in [1.54, 1.807) is 18.6 Å². The van der Waals surface area contributed by atoms with Crippen LogP contribution in [0.1, 0.15) is 12.5 Å². The zero-order chi connectivity index (χ0) is 18.5. The predicted octanol–water partition coefficient (Wildman–Crippen LogP) is 2.29. The summed E-state index contributed by atoms with van der Waals surface area (Å²) >= 11 is 0. The second-order valence-electron chi connectivity index (χ2n) is 6.30. The van der Waals surface area contributed by atoms with Crippen LogP contribution in [-0.2, 0) is 6.42 Å². The average molecular weight is 362 g/mol. The van der Waals surface area contributed by atoms with Gasteiger partial charge in [-0.1, -0.05) is 25.1 Å². The summed E-state index contributed by atoms with van der Waals surface area (Å²) in [7, 11) is 0. The molecule has 1 aromatic carbocycles. The van der Waals surface area contributed by atoms with Crippen molar-refractivity contribution in [2.45, 2.75) is 13.3 Å². The number of hydrogen-bond donors (Lipinski definition) is 1. The molecule has 0 unspecified atom stereocenters. The molecule has 1 fully saturated rings. The summed E-state index contributed by atoms with van der Waals surface area (Å²) < 4.78 is 0. The molecule has 0 bridgehead atoms. The van der Waals surface area contributed by atoms with Gasteiger partial charge in [-0.05, 0) is 24.1 Å². The lowest BCUT2D eigenvalue weighted by atomic mass is 10.1. The van der Waals surface area contributed by atoms with E-state index < -0.39 is 0 Å². The number of rotatable bonds is 5. The Labute approximate surface area is 158 Å². The van der Waals surface area contributed by atoms with Crippen molar-refractivity contribution in [1.29, 1.82) is 0 Å². The molecule has 0 amide bonds. The molecule has 2 aromatic heterocycles. The molecule has 8 nitrogen and oxygen atoms in total. The van der Waals surface area contributed by atoms with Gasteiger partial charge in [0.15, 0.2) is 5.82 Å². The first-order valence-electron chi connectivity index (χ1n) is 9.15. The van der Waals surface area contributed by atoms with Crippen molar-refractivity contribution >= 4 is 23.4 Å². The van der Waals surface area contributed by atoms with Gasteiger partial charge >= 0.3 is 0 Å². The lowest BCUT2D eigenvalue weighted by Crippen LogP contribution is -2.47. The van der Waals surface area contributed by atoms with E-state index in [1.165, 1.54) is 5.56 Å². The van der Waals surface area contributed by atoms with Crippen molar-refractivity contribution < 1.29 is 0 Å². The third-order valence-electron chi connectivity index (χ3n) is 4.63. The molecule has 8 heteroatoms. The number of piperazine rings is 1. The van der Waals surface area contributed by atoms with Gasteiger partial charge in [-0.3, -0.25) is 0 Å².